The van der Waals surface area contributed by atoms with Gasteiger partial charge in [0.1, 0.15) is 56.4 Å². The van der Waals surface area contributed by atoms with Crippen LogP contribution in [0.15, 0.2) is 131 Å². The van der Waals surface area contributed by atoms with Crippen molar-refractivity contribution in [2.24, 2.45) is 0 Å². The van der Waals surface area contributed by atoms with Crippen LogP contribution in [-0.4, -0.2) is 45.5 Å². The molecule has 4 aromatic carbocycles. The van der Waals surface area contributed by atoms with Crippen molar-refractivity contribution in [3.8, 4) is 11.5 Å². The van der Waals surface area contributed by atoms with E-state index >= 15 is 0 Å². The van der Waals surface area contributed by atoms with Gasteiger partial charge in [-0.3, -0.25) is 19.2 Å². The van der Waals surface area contributed by atoms with E-state index in [4.69, 9.17) is 43.8 Å². The Hall–Kier alpha value is -5.91. The van der Waals surface area contributed by atoms with E-state index in [-0.39, 0.29) is 83.2 Å². The van der Waals surface area contributed by atoms with Gasteiger partial charge in [0.15, 0.2) is 39.1 Å². The molecule has 4 atom stereocenters. The van der Waals surface area contributed by atoms with Crippen LogP contribution >= 0.6 is 35.1 Å². The van der Waals surface area contributed by atoms with Crippen LogP contribution in [0, 0.1) is 6.92 Å². The lowest BCUT2D eigenvalue weighted by atomic mass is 10.1. The third kappa shape index (κ3) is 14.3. The number of Topliss-reactive ketones (excluding diaryl/α,β-unsaturated/α-hetero) is 2. The molecule has 2 aliphatic rings. The second-order valence-electron chi connectivity index (χ2n) is 16.1. The highest BCUT2D eigenvalue weighted by Gasteiger charge is 2.33. The van der Waals surface area contributed by atoms with Crippen molar-refractivity contribution in [2.75, 3.05) is 13.2 Å². The molecule has 0 aliphatic carbocycles. The molecule has 4 heterocycles. The molecule has 8 rings (SSSR count). The molecular weight excluding hydrogens is 924 g/mol. The highest BCUT2D eigenvalue weighted by molar-refractivity contribution is 8.15. The number of ether oxygens (including phenoxy) is 4. The number of hydrogen-bond donors (Lipinski definition) is 0. The number of halogens is 1. The number of ketones is 2. The summed E-state index contributed by atoms with van der Waals surface area (Å²) in [5.41, 5.74) is 4.80. The Morgan fingerprint density at radius 2 is 1.19 bits per heavy atom. The van der Waals surface area contributed by atoms with E-state index in [1.165, 1.54) is 6.26 Å². The zero-order valence-corrected chi connectivity index (χ0v) is 39.2. The summed E-state index contributed by atoms with van der Waals surface area (Å²) in [5, 5.41) is -0.169. The maximum absolute atomic E-state index is 11.9. The van der Waals surface area contributed by atoms with Crippen molar-refractivity contribution >= 4 is 56.9 Å². The van der Waals surface area contributed by atoms with Gasteiger partial charge in [-0.1, -0.05) is 115 Å². The molecule has 0 bridgehead atoms. The second-order valence-corrected chi connectivity index (χ2v) is 19.0. The third-order valence-corrected chi connectivity index (χ3v) is 13.1. The predicted octanol–water partition coefficient (Wildman–Crippen LogP) is 9.51. The molecule has 0 N–H and O–H groups in total. The van der Waals surface area contributed by atoms with Gasteiger partial charge < -0.3 is 36.6 Å². The van der Waals surface area contributed by atoms with Gasteiger partial charge in [0.2, 0.25) is 0 Å². The Balaban J connectivity index is 0.000000200. The van der Waals surface area contributed by atoms with Crippen LogP contribution in [0.2, 0.25) is 5.02 Å². The average Bonchev–Trinajstić information content (AvgIpc) is 4.07. The minimum absolute atomic E-state index is 0.00695. The molecule has 2 saturated heterocycles. The van der Waals surface area contributed by atoms with E-state index in [2.05, 4.69) is 4.42 Å². The molecule has 2 aliphatic heterocycles. The first-order valence-corrected chi connectivity index (χ1v) is 23.5. The van der Waals surface area contributed by atoms with Crippen molar-refractivity contribution in [3.63, 3.8) is 0 Å². The van der Waals surface area contributed by atoms with E-state index in [9.17, 15) is 28.8 Å². The molecule has 4 unspecified atom stereocenters. The first-order valence-electron chi connectivity index (χ1n) is 21.4. The van der Waals surface area contributed by atoms with Crippen molar-refractivity contribution < 1.29 is 55.8 Å². The van der Waals surface area contributed by atoms with Gasteiger partial charge in [0.05, 0.1) is 23.3 Å². The lowest BCUT2D eigenvalue weighted by Crippen LogP contribution is -2.15. The van der Waals surface area contributed by atoms with Gasteiger partial charge >= 0.3 is 11.6 Å². The zero-order valence-electron chi connectivity index (χ0n) is 36.8. The summed E-state index contributed by atoms with van der Waals surface area (Å²) >= 11 is 8.35. The van der Waals surface area contributed by atoms with Crippen molar-refractivity contribution in [1.82, 2.24) is 0 Å². The highest BCUT2D eigenvalue weighted by Crippen LogP contribution is 2.31. The van der Waals surface area contributed by atoms with E-state index in [0.29, 0.717) is 40.9 Å². The van der Waals surface area contributed by atoms with Crippen LogP contribution in [-0.2, 0) is 54.7 Å². The number of rotatable bonds is 19. The fraction of sp³-hybridized carbons (Fsp3) is 0.320. The lowest BCUT2D eigenvalue weighted by Gasteiger charge is -2.19. The molecular formula is C50H47ClO14S2. The molecule has 14 nitrogen and oxygen atoms in total. The third-order valence-electron chi connectivity index (χ3n) is 10.6. The summed E-state index contributed by atoms with van der Waals surface area (Å²) in [6, 6.07) is 30.1. The maximum Gasteiger partial charge on any atom is 0.519 e. The van der Waals surface area contributed by atoms with Crippen LogP contribution in [0.1, 0.15) is 89.9 Å². The van der Waals surface area contributed by atoms with E-state index in [0.717, 1.165) is 51.3 Å². The monoisotopic (exact) mass is 970 g/mol. The van der Waals surface area contributed by atoms with Crippen LogP contribution in [0.5, 0.6) is 11.5 Å². The normalized spacial score (nSPS) is 16.9. The van der Waals surface area contributed by atoms with Crippen LogP contribution in [0.3, 0.4) is 0 Å². The summed E-state index contributed by atoms with van der Waals surface area (Å²) in [4.78, 5) is 69.3. The summed E-state index contributed by atoms with van der Waals surface area (Å²) < 4.78 is 43.8. The highest BCUT2D eigenvalue weighted by atomic mass is 35.5. The molecule has 0 radical (unpaired) electrons. The fourth-order valence-corrected chi connectivity index (χ4v) is 9.36. The number of benzene rings is 4. The quantitative estimate of drug-likeness (QED) is 0.0696. The Bertz CT molecular complexity index is 2750. The average molecular weight is 971 g/mol. The van der Waals surface area contributed by atoms with Gasteiger partial charge in [0, 0.05) is 10.9 Å². The Morgan fingerprint density at radius 1 is 0.642 bits per heavy atom. The zero-order chi connectivity index (χ0) is 47.5. The van der Waals surface area contributed by atoms with Gasteiger partial charge in [-0.05, 0) is 78.4 Å². The summed E-state index contributed by atoms with van der Waals surface area (Å²) in [5.74, 6) is 0.850. The molecule has 2 fully saturated rings. The Labute approximate surface area is 398 Å². The molecule has 0 saturated carbocycles. The molecule has 350 valence electrons. The Morgan fingerprint density at radius 3 is 1.69 bits per heavy atom. The maximum atomic E-state index is 11.9. The SMILES string of the molecule is Cc1ccc(C(COc2ccc(CC3SC(=O)CC3=O)cc2)OCc2oc(=O)oc2C(C)C)cc1.O=C1CC(=O)C(Cc2ccc(OCC(OCc3coc(=O)o3)c3cccc(Cl)c3)cc2)S1. The van der Waals surface area contributed by atoms with E-state index in [1.807, 2.05) is 106 Å². The van der Waals surface area contributed by atoms with Crippen LogP contribution in [0.25, 0.3) is 0 Å². The van der Waals surface area contributed by atoms with E-state index < -0.39 is 23.9 Å². The number of thioether (sulfide) groups is 2. The first kappa shape index (κ1) is 49.0. The molecule has 2 aromatic heterocycles. The van der Waals surface area contributed by atoms with E-state index in [1.54, 1.807) is 12.1 Å². The Kier molecular flexibility index (Phi) is 17.0. The molecule has 0 amide bonds. The van der Waals surface area contributed by atoms with Gasteiger partial charge in [0.25, 0.3) is 0 Å². The largest absolute Gasteiger partial charge is 0.519 e. The number of carbonyl (C=O) groups is 4. The minimum Gasteiger partial charge on any atom is -0.491 e. The lowest BCUT2D eigenvalue weighted by molar-refractivity contribution is -0.122. The number of hydrogen-bond acceptors (Lipinski definition) is 16. The smallest absolute Gasteiger partial charge is 0.491 e. The van der Waals surface area contributed by atoms with Gasteiger partial charge in [-0.2, -0.15) is 0 Å². The molecule has 6 aromatic rings. The fourth-order valence-electron chi connectivity index (χ4n) is 7.09. The number of carbonyl (C=O) groups excluding carboxylic acids is 4. The second kappa shape index (κ2) is 23.2. The van der Waals surface area contributed by atoms with Crippen molar-refractivity contribution in [2.45, 2.75) is 88.3 Å². The van der Waals surface area contributed by atoms with Crippen LogP contribution < -0.4 is 21.1 Å². The summed E-state index contributed by atoms with van der Waals surface area (Å²) in [7, 11) is 0. The molecule has 67 heavy (non-hydrogen) atoms. The molecule has 0 spiro atoms. The first-order chi connectivity index (χ1) is 32.2. The predicted molar refractivity (Wildman–Crippen MR) is 250 cm³/mol. The van der Waals surface area contributed by atoms with Crippen LogP contribution in [0.4, 0.5) is 0 Å². The van der Waals surface area contributed by atoms with Crippen molar-refractivity contribution in [3.05, 3.63) is 175 Å². The van der Waals surface area contributed by atoms with Gasteiger partial charge in [-0.25, -0.2) is 9.59 Å². The molecule has 17 heteroatoms. The van der Waals surface area contributed by atoms with Crippen molar-refractivity contribution in [1.29, 1.82) is 0 Å². The summed E-state index contributed by atoms with van der Waals surface area (Å²) in [6.07, 6.45) is 1.40. The topological polar surface area (TPSA) is 192 Å². The summed E-state index contributed by atoms with van der Waals surface area (Å²) in [6.45, 7) is 6.38. The standard InChI is InChI=1S/C27H28O7S.C23H19ClO7S/c1-16(2)26-23(33-27(30)34-26)15-32-22(19-8-4-17(3)5-9-19)14-31-20-10-6-18(7-11-20)12-24-21(28)13-25(29)35-24;24-16-3-1-2-15(9-16)20(29-11-18-12-30-23(27)31-18)13-28-17-6-4-14(5-7-17)8-21-19(25)10-22(26)32-21/h4-11,16,22,24H,12-15H2,1-3H3;1-7,9,12,20-21H,8,10-11,13H2. The van der Waals surface area contributed by atoms with Gasteiger partial charge in [-0.15, -0.1) is 0 Å². The minimum atomic E-state index is -0.790. The number of aryl methyl sites for hydroxylation is 1.